The Morgan fingerprint density at radius 2 is 2.00 bits per heavy atom. The van der Waals surface area contributed by atoms with Crippen LogP contribution in [0.1, 0.15) is 36.3 Å². The molecule has 6 nitrogen and oxygen atoms in total. The average molecular weight is 307 g/mol. The molecule has 2 unspecified atom stereocenters. The van der Waals surface area contributed by atoms with Gasteiger partial charge in [-0.3, -0.25) is 9.69 Å². The molecule has 1 saturated heterocycles. The molecule has 2 fully saturated rings. The Morgan fingerprint density at radius 3 is 2.55 bits per heavy atom. The number of aliphatic hydroxyl groups excluding tert-OH is 1. The highest BCUT2D eigenvalue weighted by Gasteiger charge is 2.33. The van der Waals surface area contributed by atoms with Crippen molar-refractivity contribution in [3.8, 4) is 0 Å². The Hall–Kier alpha value is -1.40. The maximum absolute atomic E-state index is 12.5. The number of rotatable bonds is 3. The van der Waals surface area contributed by atoms with Crippen LogP contribution in [0, 0.1) is 13.8 Å². The average Bonchev–Trinajstić information content (AvgIpc) is 3.08. The van der Waals surface area contributed by atoms with Gasteiger partial charge in [0.05, 0.1) is 18.2 Å². The lowest BCUT2D eigenvalue weighted by Gasteiger charge is -2.39. The topological polar surface area (TPSA) is 69.8 Å². The Balaban J connectivity index is 1.54. The van der Waals surface area contributed by atoms with E-state index in [1.54, 1.807) is 0 Å². The fraction of sp³-hybridized carbons (Fsp3) is 0.750. The van der Waals surface area contributed by atoms with E-state index in [9.17, 15) is 9.90 Å². The summed E-state index contributed by atoms with van der Waals surface area (Å²) < 4.78 is 5.12. The molecule has 2 aliphatic rings. The number of carbonyl (C=O) groups is 1. The summed E-state index contributed by atoms with van der Waals surface area (Å²) in [6.45, 7) is 6.92. The van der Waals surface area contributed by atoms with Gasteiger partial charge < -0.3 is 14.5 Å². The Kier molecular flexibility index (Phi) is 4.49. The number of piperazine rings is 1. The summed E-state index contributed by atoms with van der Waals surface area (Å²) in [5, 5.41) is 13.9. The highest BCUT2D eigenvalue weighted by Crippen LogP contribution is 2.25. The van der Waals surface area contributed by atoms with E-state index in [2.05, 4.69) is 10.1 Å². The third kappa shape index (κ3) is 3.03. The van der Waals surface area contributed by atoms with Crippen LogP contribution in [0.3, 0.4) is 0 Å². The van der Waals surface area contributed by atoms with Crippen molar-refractivity contribution in [2.75, 3.05) is 26.2 Å². The monoisotopic (exact) mass is 307 g/mol. The van der Waals surface area contributed by atoms with E-state index >= 15 is 0 Å². The van der Waals surface area contributed by atoms with E-state index in [0.29, 0.717) is 12.5 Å². The minimum absolute atomic E-state index is 0.140. The summed E-state index contributed by atoms with van der Waals surface area (Å²) in [5.74, 6) is 0.875. The molecule has 3 rings (SSSR count). The second kappa shape index (κ2) is 6.38. The van der Waals surface area contributed by atoms with Gasteiger partial charge in [0.1, 0.15) is 5.76 Å². The number of amides is 1. The Bertz CT molecular complexity index is 515. The molecule has 0 aromatic carbocycles. The summed E-state index contributed by atoms with van der Waals surface area (Å²) >= 11 is 0. The highest BCUT2D eigenvalue weighted by atomic mass is 16.5. The normalized spacial score (nSPS) is 26.6. The van der Waals surface area contributed by atoms with Crippen molar-refractivity contribution in [3.05, 3.63) is 17.0 Å². The molecule has 1 aromatic rings. The molecule has 122 valence electrons. The van der Waals surface area contributed by atoms with Gasteiger partial charge in [-0.1, -0.05) is 5.16 Å². The van der Waals surface area contributed by atoms with E-state index in [-0.39, 0.29) is 12.0 Å². The maximum Gasteiger partial charge on any atom is 0.227 e. The number of aliphatic hydroxyl groups is 1. The van der Waals surface area contributed by atoms with Crippen LogP contribution in [0.15, 0.2) is 4.52 Å². The summed E-state index contributed by atoms with van der Waals surface area (Å²) in [6, 6.07) is 0.291. The van der Waals surface area contributed by atoms with Gasteiger partial charge in [-0.2, -0.15) is 0 Å². The predicted molar refractivity (Wildman–Crippen MR) is 81.5 cm³/mol. The van der Waals surface area contributed by atoms with E-state index in [1.165, 1.54) is 0 Å². The van der Waals surface area contributed by atoms with Gasteiger partial charge in [-0.15, -0.1) is 0 Å². The quantitative estimate of drug-likeness (QED) is 0.898. The summed E-state index contributed by atoms with van der Waals surface area (Å²) in [6.07, 6.45) is 3.28. The van der Waals surface area contributed by atoms with Crippen LogP contribution in [0.2, 0.25) is 0 Å². The first-order valence-electron chi connectivity index (χ1n) is 8.18. The molecule has 0 bridgehead atoms. The van der Waals surface area contributed by atoms with Crippen LogP contribution in [0.25, 0.3) is 0 Å². The van der Waals surface area contributed by atoms with Crippen LogP contribution in [-0.2, 0) is 11.2 Å². The molecular formula is C16H25N3O3. The molecule has 1 N–H and O–H groups in total. The van der Waals surface area contributed by atoms with E-state index < -0.39 is 0 Å². The molecule has 0 spiro atoms. The molecule has 1 aliphatic heterocycles. The van der Waals surface area contributed by atoms with Gasteiger partial charge in [-0.05, 0) is 33.1 Å². The highest BCUT2D eigenvalue weighted by molar-refractivity contribution is 5.79. The molecule has 1 amide bonds. The molecule has 1 aromatic heterocycles. The molecule has 2 heterocycles. The maximum atomic E-state index is 12.5. The summed E-state index contributed by atoms with van der Waals surface area (Å²) in [5.41, 5.74) is 1.72. The lowest BCUT2D eigenvalue weighted by Crippen LogP contribution is -2.53. The van der Waals surface area contributed by atoms with Gasteiger partial charge in [0.25, 0.3) is 0 Å². The lowest BCUT2D eigenvalue weighted by atomic mass is 10.1. The summed E-state index contributed by atoms with van der Waals surface area (Å²) in [7, 11) is 0. The third-order valence-corrected chi connectivity index (χ3v) is 5.09. The van der Waals surface area contributed by atoms with Crippen molar-refractivity contribution >= 4 is 5.91 Å². The van der Waals surface area contributed by atoms with Gasteiger partial charge in [0.2, 0.25) is 5.91 Å². The number of carbonyl (C=O) groups excluding carboxylic acids is 1. The minimum Gasteiger partial charge on any atom is -0.391 e. The summed E-state index contributed by atoms with van der Waals surface area (Å²) in [4.78, 5) is 16.7. The number of hydrogen-bond acceptors (Lipinski definition) is 5. The largest absolute Gasteiger partial charge is 0.391 e. The van der Waals surface area contributed by atoms with Gasteiger partial charge in [0, 0.05) is 37.8 Å². The fourth-order valence-electron chi connectivity index (χ4n) is 3.67. The van der Waals surface area contributed by atoms with Crippen molar-refractivity contribution in [1.82, 2.24) is 15.0 Å². The zero-order chi connectivity index (χ0) is 15.7. The van der Waals surface area contributed by atoms with Crippen LogP contribution >= 0.6 is 0 Å². The first-order chi connectivity index (χ1) is 10.6. The van der Waals surface area contributed by atoms with Crippen molar-refractivity contribution in [2.45, 2.75) is 51.7 Å². The first-order valence-corrected chi connectivity index (χ1v) is 8.18. The van der Waals surface area contributed by atoms with Crippen molar-refractivity contribution in [2.24, 2.45) is 0 Å². The standard InChI is InChI=1S/C16H25N3O3/c1-11-13(12(2)22-17-11)10-16(21)19-8-6-18(7-9-19)14-4-3-5-15(14)20/h14-15,20H,3-10H2,1-2H3. The third-order valence-electron chi connectivity index (χ3n) is 5.09. The fourth-order valence-corrected chi connectivity index (χ4v) is 3.67. The van der Waals surface area contributed by atoms with Crippen LogP contribution in [0.4, 0.5) is 0 Å². The van der Waals surface area contributed by atoms with Crippen molar-refractivity contribution in [3.63, 3.8) is 0 Å². The van der Waals surface area contributed by atoms with E-state index in [4.69, 9.17) is 4.52 Å². The van der Waals surface area contributed by atoms with Crippen LogP contribution in [-0.4, -0.2) is 64.3 Å². The zero-order valence-electron chi connectivity index (χ0n) is 13.4. The Morgan fingerprint density at radius 1 is 1.27 bits per heavy atom. The van der Waals surface area contributed by atoms with Gasteiger partial charge in [0.15, 0.2) is 0 Å². The first kappa shape index (κ1) is 15.5. The molecule has 22 heavy (non-hydrogen) atoms. The second-order valence-electron chi connectivity index (χ2n) is 6.46. The number of hydrogen-bond donors (Lipinski definition) is 1. The zero-order valence-corrected chi connectivity index (χ0v) is 13.4. The van der Waals surface area contributed by atoms with Gasteiger partial charge >= 0.3 is 0 Å². The van der Waals surface area contributed by atoms with Crippen molar-refractivity contribution < 1.29 is 14.4 Å². The molecular weight excluding hydrogens is 282 g/mol. The van der Waals surface area contributed by atoms with E-state index in [0.717, 1.165) is 62.5 Å². The lowest BCUT2D eigenvalue weighted by molar-refractivity contribution is -0.132. The molecule has 6 heteroatoms. The number of nitrogens with zero attached hydrogens (tertiary/aromatic N) is 3. The predicted octanol–water partition coefficient (Wildman–Crippen LogP) is 0.892. The van der Waals surface area contributed by atoms with Gasteiger partial charge in [-0.25, -0.2) is 0 Å². The molecule has 0 radical (unpaired) electrons. The number of aromatic nitrogens is 1. The van der Waals surface area contributed by atoms with Crippen LogP contribution < -0.4 is 0 Å². The SMILES string of the molecule is Cc1noc(C)c1CC(=O)N1CCN(C2CCCC2O)CC1. The molecule has 2 atom stereocenters. The second-order valence-corrected chi connectivity index (χ2v) is 6.46. The molecule has 1 aliphatic carbocycles. The minimum atomic E-state index is -0.190. The molecule has 1 saturated carbocycles. The van der Waals surface area contributed by atoms with E-state index in [1.807, 2.05) is 18.7 Å². The Labute approximate surface area is 131 Å². The van der Waals surface area contributed by atoms with Crippen LogP contribution in [0.5, 0.6) is 0 Å². The van der Waals surface area contributed by atoms with Crippen molar-refractivity contribution in [1.29, 1.82) is 0 Å². The smallest absolute Gasteiger partial charge is 0.227 e. The number of aryl methyl sites for hydroxylation is 2.